The number of benzene rings is 1. The molecule has 5 rings (SSSR count). The number of rotatable bonds is 5. The van der Waals surface area contributed by atoms with Gasteiger partial charge in [0.2, 0.25) is 0 Å². The standard InChI is InChI=1S/C28H27F3N6O3/c1-26(2)18(8-10-27(26,3)25(39)40)23-36-20(21-22(32)34-12-13-37(21)23)15-4-6-16(7-5-15)24(38)35-19-14-17(9-11-33-19)28(29,30)31/h4-7,9,11-14,18H,8,10H2,1-3H3,(H2,32,34)(H,39,40)(H,33,35,38)/t18-,27+/m0/s1. The Kier molecular flexibility index (Phi) is 6.31. The highest BCUT2D eigenvalue weighted by molar-refractivity contribution is 6.04. The molecular formula is C28H27F3N6O3. The molecule has 4 aromatic rings. The number of anilines is 2. The summed E-state index contributed by atoms with van der Waals surface area (Å²) in [7, 11) is 0. The van der Waals surface area contributed by atoms with E-state index >= 15 is 0 Å². The highest BCUT2D eigenvalue weighted by atomic mass is 19.4. The number of nitrogens with two attached hydrogens (primary N) is 1. The molecule has 1 fully saturated rings. The minimum Gasteiger partial charge on any atom is -0.481 e. The summed E-state index contributed by atoms with van der Waals surface area (Å²) in [4.78, 5) is 37.8. The van der Waals surface area contributed by atoms with Crippen molar-refractivity contribution in [3.05, 3.63) is 71.9 Å². The first-order chi connectivity index (χ1) is 18.7. The fraction of sp³-hybridized carbons (Fsp3) is 0.321. The topological polar surface area (TPSA) is 136 Å². The number of hydrogen-bond acceptors (Lipinski definition) is 6. The molecule has 208 valence electrons. The number of alkyl halides is 3. The van der Waals surface area contributed by atoms with Gasteiger partial charge in [0.25, 0.3) is 5.91 Å². The number of carbonyl (C=O) groups excluding carboxylic acids is 1. The Morgan fingerprint density at radius 1 is 1.10 bits per heavy atom. The molecule has 3 heterocycles. The Morgan fingerprint density at radius 2 is 1.80 bits per heavy atom. The number of aromatic nitrogens is 4. The fourth-order valence-corrected chi connectivity index (χ4v) is 5.51. The van der Waals surface area contributed by atoms with Crippen molar-refractivity contribution in [2.24, 2.45) is 10.8 Å². The summed E-state index contributed by atoms with van der Waals surface area (Å²) in [5, 5.41) is 12.4. The van der Waals surface area contributed by atoms with Crippen molar-refractivity contribution in [2.45, 2.75) is 45.7 Å². The lowest BCUT2D eigenvalue weighted by Gasteiger charge is -2.38. The molecule has 0 aliphatic heterocycles. The van der Waals surface area contributed by atoms with E-state index < -0.39 is 34.4 Å². The first kappa shape index (κ1) is 27.1. The average molecular weight is 553 g/mol. The Hall–Kier alpha value is -4.48. The molecule has 3 aromatic heterocycles. The quantitative estimate of drug-likeness (QED) is 0.292. The zero-order chi connectivity index (χ0) is 29.0. The van der Waals surface area contributed by atoms with Crippen molar-refractivity contribution < 1.29 is 27.9 Å². The lowest BCUT2D eigenvalue weighted by molar-refractivity contribution is -0.153. The highest BCUT2D eigenvalue weighted by Gasteiger charge is 2.57. The van der Waals surface area contributed by atoms with Crippen LogP contribution in [0.1, 0.15) is 61.3 Å². The minimum absolute atomic E-state index is 0.179. The van der Waals surface area contributed by atoms with E-state index in [9.17, 15) is 27.9 Å². The second-order valence-electron chi connectivity index (χ2n) is 10.8. The smallest absolute Gasteiger partial charge is 0.416 e. The van der Waals surface area contributed by atoms with E-state index in [-0.39, 0.29) is 23.1 Å². The van der Waals surface area contributed by atoms with E-state index in [0.717, 1.165) is 18.3 Å². The van der Waals surface area contributed by atoms with Gasteiger partial charge in [0.1, 0.15) is 28.7 Å². The number of imidazole rings is 1. The molecule has 40 heavy (non-hydrogen) atoms. The summed E-state index contributed by atoms with van der Waals surface area (Å²) in [6.45, 7) is 5.65. The Morgan fingerprint density at radius 3 is 2.42 bits per heavy atom. The molecular weight excluding hydrogens is 525 g/mol. The van der Waals surface area contributed by atoms with Crippen molar-refractivity contribution in [3.63, 3.8) is 0 Å². The van der Waals surface area contributed by atoms with Gasteiger partial charge in [-0.2, -0.15) is 13.2 Å². The second-order valence-corrected chi connectivity index (χ2v) is 10.8. The number of amides is 1. The monoisotopic (exact) mass is 552 g/mol. The lowest BCUT2D eigenvalue weighted by atomic mass is 9.65. The van der Waals surface area contributed by atoms with Crippen molar-refractivity contribution in [1.29, 1.82) is 0 Å². The van der Waals surface area contributed by atoms with E-state index in [2.05, 4.69) is 15.3 Å². The van der Waals surface area contributed by atoms with Gasteiger partial charge in [0, 0.05) is 35.6 Å². The van der Waals surface area contributed by atoms with Crippen LogP contribution in [0.3, 0.4) is 0 Å². The number of carboxylic acids is 1. The van der Waals surface area contributed by atoms with Crippen LogP contribution in [0, 0.1) is 10.8 Å². The summed E-state index contributed by atoms with van der Waals surface area (Å²) >= 11 is 0. The van der Waals surface area contributed by atoms with E-state index in [1.807, 2.05) is 18.2 Å². The number of fused-ring (bicyclic) bond motifs is 1. The average Bonchev–Trinajstić information content (AvgIpc) is 3.39. The van der Waals surface area contributed by atoms with Crippen LogP contribution >= 0.6 is 0 Å². The Bertz CT molecular complexity index is 1630. The number of nitrogen functional groups attached to an aromatic ring is 1. The van der Waals surface area contributed by atoms with E-state index in [1.165, 1.54) is 12.1 Å². The van der Waals surface area contributed by atoms with Crippen LogP contribution in [-0.4, -0.2) is 36.3 Å². The third kappa shape index (κ3) is 4.33. The molecule has 0 saturated heterocycles. The lowest BCUT2D eigenvalue weighted by Crippen LogP contribution is -2.40. The van der Waals surface area contributed by atoms with E-state index in [0.29, 0.717) is 35.4 Å². The first-order valence-electron chi connectivity index (χ1n) is 12.5. The SMILES string of the molecule is CC1(C)[C@H](c2nc(-c3ccc(C(=O)Nc4cc(C(F)(F)F)ccn4)cc3)c3c(N)nccn23)CC[C@]1(C)C(=O)O. The van der Waals surface area contributed by atoms with Gasteiger partial charge in [0.15, 0.2) is 0 Å². The number of hydrogen-bond donors (Lipinski definition) is 3. The minimum atomic E-state index is -4.56. The molecule has 0 radical (unpaired) electrons. The summed E-state index contributed by atoms with van der Waals surface area (Å²) in [6.07, 6.45) is 0.840. The zero-order valence-corrected chi connectivity index (χ0v) is 22.0. The van der Waals surface area contributed by atoms with Crippen molar-refractivity contribution in [1.82, 2.24) is 19.4 Å². The van der Waals surface area contributed by atoms with Crippen LogP contribution in [0.5, 0.6) is 0 Å². The molecule has 1 amide bonds. The summed E-state index contributed by atoms with van der Waals surface area (Å²) in [6, 6.07) is 7.96. The number of nitrogens with zero attached hydrogens (tertiary/aromatic N) is 4. The van der Waals surface area contributed by atoms with Crippen LogP contribution in [0.2, 0.25) is 0 Å². The molecule has 1 aliphatic carbocycles. The maximum atomic E-state index is 13.0. The number of nitrogens with one attached hydrogen (secondary N) is 1. The molecule has 0 bridgehead atoms. The first-order valence-corrected chi connectivity index (χ1v) is 12.5. The normalized spacial score (nSPS) is 20.5. The van der Waals surface area contributed by atoms with Crippen LogP contribution in [-0.2, 0) is 11.0 Å². The van der Waals surface area contributed by atoms with Crippen molar-refractivity contribution in [2.75, 3.05) is 11.1 Å². The van der Waals surface area contributed by atoms with E-state index in [1.54, 1.807) is 31.5 Å². The maximum Gasteiger partial charge on any atom is 0.416 e. The molecule has 2 atom stereocenters. The van der Waals surface area contributed by atoms with Gasteiger partial charge in [-0.15, -0.1) is 0 Å². The number of aliphatic carboxylic acids is 1. The third-order valence-electron chi connectivity index (χ3n) is 8.37. The van der Waals surface area contributed by atoms with Gasteiger partial charge < -0.3 is 16.2 Å². The molecule has 1 aliphatic rings. The molecule has 1 aromatic carbocycles. The van der Waals surface area contributed by atoms with Gasteiger partial charge in [-0.25, -0.2) is 15.0 Å². The Labute approximate surface area is 227 Å². The van der Waals surface area contributed by atoms with Crippen molar-refractivity contribution in [3.8, 4) is 11.3 Å². The number of carbonyl (C=O) groups is 2. The molecule has 0 spiro atoms. The van der Waals surface area contributed by atoms with Crippen LogP contribution in [0.4, 0.5) is 24.8 Å². The number of pyridine rings is 1. The van der Waals surface area contributed by atoms with Crippen molar-refractivity contribution >= 4 is 29.0 Å². The largest absolute Gasteiger partial charge is 0.481 e. The maximum absolute atomic E-state index is 13.0. The van der Waals surface area contributed by atoms with Gasteiger partial charge >= 0.3 is 12.1 Å². The Balaban J connectivity index is 1.48. The zero-order valence-electron chi connectivity index (χ0n) is 22.0. The molecule has 9 nitrogen and oxygen atoms in total. The van der Waals surface area contributed by atoms with Gasteiger partial charge in [-0.3, -0.25) is 14.0 Å². The molecule has 0 unspecified atom stereocenters. The molecule has 1 saturated carbocycles. The number of carboxylic acid groups (broad SMARTS) is 1. The van der Waals surface area contributed by atoms with Crippen LogP contribution < -0.4 is 11.1 Å². The number of halogens is 3. The van der Waals surface area contributed by atoms with Gasteiger partial charge in [-0.1, -0.05) is 26.0 Å². The fourth-order valence-electron chi connectivity index (χ4n) is 5.51. The van der Waals surface area contributed by atoms with Crippen LogP contribution in [0.15, 0.2) is 55.0 Å². The third-order valence-corrected chi connectivity index (χ3v) is 8.37. The molecule has 12 heteroatoms. The predicted octanol–water partition coefficient (Wildman–Crippen LogP) is 5.64. The van der Waals surface area contributed by atoms with Gasteiger partial charge in [-0.05, 0) is 49.4 Å². The van der Waals surface area contributed by atoms with Crippen LogP contribution in [0.25, 0.3) is 16.8 Å². The van der Waals surface area contributed by atoms with Gasteiger partial charge in [0.05, 0.1) is 11.0 Å². The summed E-state index contributed by atoms with van der Waals surface area (Å²) in [5.74, 6) is -0.967. The predicted molar refractivity (Wildman–Crippen MR) is 142 cm³/mol. The van der Waals surface area contributed by atoms with E-state index in [4.69, 9.17) is 10.7 Å². The highest BCUT2D eigenvalue weighted by Crippen LogP contribution is 2.60. The second kappa shape index (κ2) is 9.32. The molecule has 4 N–H and O–H groups in total. The summed E-state index contributed by atoms with van der Waals surface area (Å²) in [5.41, 5.74) is 5.70. The summed E-state index contributed by atoms with van der Waals surface area (Å²) < 4.78 is 40.9.